The van der Waals surface area contributed by atoms with Crippen molar-refractivity contribution in [2.24, 2.45) is 0 Å². The van der Waals surface area contributed by atoms with Gasteiger partial charge in [0.1, 0.15) is 6.54 Å². The summed E-state index contributed by atoms with van der Waals surface area (Å²) in [5.74, 6) is -1.36. The number of hydrogen-bond acceptors (Lipinski definition) is 4. The van der Waals surface area contributed by atoms with E-state index >= 15 is 0 Å². The molecule has 13 heavy (non-hydrogen) atoms. The van der Waals surface area contributed by atoms with Gasteiger partial charge in [0.15, 0.2) is 0 Å². The van der Waals surface area contributed by atoms with Crippen LogP contribution < -0.4 is 10.9 Å². The molecule has 0 saturated heterocycles. The lowest BCUT2D eigenvalue weighted by Crippen LogP contribution is -2.44. The third-order valence-corrected chi connectivity index (χ3v) is 1.47. The molecule has 0 radical (unpaired) electrons. The van der Waals surface area contributed by atoms with Crippen molar-refractivity contribution in [3.8, 4) is 0 Å². The zero-order valence-corrected chi connectivity index (χ0v) is 7.03. The molecule has 0 aromatic heterocycles. The van der Waals surface area contributed by atoms with Gasteiger partial charge in [-0.25, -0.2) is 5.43 Å². The fourth-order valence-corrected chi connectivity index (χ4v) is 0.910. The summed E-state index contributed by atoms with van der Waals surface area (Å²) >= 11 is 0. The lowest BCUT2D eigenvalue weighted by Gasteiger charge is -2.12. The fraction of sp³-hybridized carbons (Fsp3) is 0.286. The van der Waals surface area contributed by atoms with Crippen molar-refractivity contribution in [3.63, 3.8) is 0 Å². The molecule has 0 unspecified atom stereocenters. The van der Waals surface area contributed by atoms with Gasteiger partial charge < -0.3 is 0 Å². The second kappa shape index (κ2) is 3.81. The van der Waals surface area contributed by atoms with Gasteiger partial charge in [-0.05, 0) is 0 Å². The van der Waals surface area contributed by atoms with E-state index in [0.29, 0.717) is 0 Å². The molecular formula is C7H9N3O3. The van der Waals surface area contributed by atoms with E-state index < -0.39 is 17.7 Å². The van der Waals surface area contributed by atoms with Gasteiger partial charge in [-0.2, -0.15) is 0 Å². The average molecular weight is 183 g/mol. The molecule has 0 aliphatic carbocycles. The van der Waals surface area contributed by atoms with Crippen LogP contribution in [-0.4, -0.2) is 36.2 Å². The van der Waals surface area contributed by atoms with E-state index in [1.54, 1.807) is 0 Å². The third-order valence-electron chi connectivity index (χ3n) is 1.47. The minimum absolute atomic E-state index is 0.258. The number of hydrazine groups is 1. The number of carbonyl (C=O) groups excluding carboxylic acids is 3. The number of hydrogen-bond donors (Lipinski definition) is 2. The molecule has 0 aromatic carbocycles. The van der Waals surface area contributed by atoms with Crippen molar-refractivity contribution in [3.05, 3.63) is 12.2 Å². The standard InChI is InChI=1S/C7H9N3O3/c1-8-9-5(11)4-10-6(12)2-3-7(10)13/h2-3,8H,4H2,1H3,(H,9,11). The Bertz CT molecular complexity index is 267. The van der Waals surface area contributed by atoms with Gasteiger partial charge >= 0.3 is 0 Å². The topological polar surface area (TPSA) is 78.5 Å². The maximum atomic E-state index is 10.9. The molecule has 2 N–H and O–H groups in total. The Balaban J connectivity index is 2.50. The number of nitrogens with one attached hydrogen (secondary N) is 2. The van der Waals surface area contributed by atoms with Crippen LogP contribution >= 0.6 is 0 Å². The van der Waals surface area contributed by atoms with Crippen LogP contribution in [0.1, 0.15) is 0 Å². The SMILES string of the molecule is CNNC(=O)CN1C(=O)C=CC1=O. The first-order chi connectivity index (χ1) is 6.15. The first kappa shape index (κ1) is 9.40. The Morgan fingerprint density at radius 2 is 1.92 bits per heavy atom. The smallest absolute Gasteiger partial charge is 0.254 e. The number of rotatable bonds is 3. The summed E-state index contributed by atoms with van der Waals surface area (Å²) < 4.78 is 0. The predicted octanol–water partition coefficient (Wildman–Crippen LogP) is -1.84. The molecule has 0 saturated carbocycles. The highest BCUT2D eigenvalue weighted by Gasteiger charge is 2.25. The normalized spacial score (nSPS) is 15.3. The van der Waals surface area contributed by atoms with Crippen molar-refractivity contribution in [1.29, 1.82) is 0 Å². The van der Waals surface area contributed by atoms with E-state index in [0.717, 1.165) is 17.1 Å². The average Bonchev–Trinajstić information content (AvgIpc) is 2.36. The molecule has 3 amide bonds. The third kappa shape index (κ3) is 2.12. The quantitative estimate of drug-likeness (QED) is 0.398. The van der Waals surface area contributed by atoms with E-state index in [2.05, 4.69) is 10.9 Å². The van der Waals surface area contributed by atoms with Crippen molar-refractivity contribution in [1.82, 2.24) is 15.8 Å². The lowest BCUT2D eigenvalue weighted by molar-refractivity contribution is -0.141. The van der Waals surface area contributed by atoms with Crippen LogP contribution in [0.25, 0.3) is 0 Å². The molecule has 1 aliphatic heterocycles. The minimum Gasteiger partial charge on any atom is -0.290 e. The molecule has 0 atom stereocenters. The Hall–Kier alpha value is -1.69. The van der Waals surface area contributed by atoms with Crippen LogP contribution in [0, 0.1) is 0 Å². The van der Waals surface area contributed by atoms with Gasteiger partial charge in [-0.3, -0.25) is 24.7 Å². The summed E-state index contributed by atoms with van der Waals surface area (Å²) in [5.41, 5.74) is 4.65. The summed E-state index contributed by atoms with van der Waals surface area (Å²) in [6.45, 7) is -0.258. The van der Waals surface area contributed by atoms with E-state index in [9.17, 15) is 14.4 Å². The largest absolute Gasteiger partial charge is 0.290 e. The fourth-order valence-electron chi connectivity index (χ4n) is 0.910. The van der Waals surface area contributed by atoms with Gasteiger partial charge in [0.2, 0.25) is 0 Å². The highest BCUT2D eigenvalue weighted by molar-refractivity contribution is 6.14. The lowest BCUT2D eigenvalue weighted by atomic mass is 10.5. The summed E-state index contributed by atoms with van der Waals surface area (Å²) in [7, 11) is 1.52. The number of carbonyl (C=O) groups is 3. The Kier molecular flexibility index (Phi) is 2.76. The second-order valence-electron chi connectivity index (χ2n) is 2.39. The molecule has 0 fully saturated rings. The Morgan fingerprint density at radius 1 is 1.38 bits per heavy atom. The van der Waals surface area contributed by atoms with Crippen molar-refractivity contribution < 1.29 is 14.4 Å². The van der Waals surface area contributed by atoms with E-state index in [1.165, 1.54) is 7.05 Å². The summed E-state index contributed by atoms with van der Waals surface area (Å²) in [6, 6.07) is 0. The molecule has 0 spiro atoms. The monoisotopic (exact) mass is 183 g/mol. The maximum absolute atomic E-state index is 10.9. The number of nitrogens with zero attached hydrogens (tertiary/aromatic N) is 1. The highest BCUT2D eigenvalue weighted by Crippen LogP contribution is 2.01. The van der Waals surface area contributed by atoms with Gasteiger partial charge in [0, 0.05) is 19.2 Å². The molecular weight excluding hydrogens is 174 g/mol. The van der Waals surface area contributed by atoms with Crippen LogP contribution in [0.3, 0.4) is 0 Å². The van der Waals surface area contributed by atoms with Gasteiger partial charge in [0.25, 0.3) is 17.7 Å². The molecule has 1 heterocycles. The molecule has 6 nitrogen and oxygen atoms in total. The van der Waals surface area contributed by atoms with Gasteiger partial charge in [-0.15, -0.1) is 0 Å². The second-order valence-corrected chi connectivity index (χ2v) is 2.39. The van der Waals surface area contributed by atoms with Crippen LogP contribution in [0.4, 0.5) is 0 Å². The van der Waals surface area contributed by atoms with Gasteiger partial charge in [0.05, 0.1) is 0 Å². The van der Waals surface area contributed by atoms with Crippen LogP contribution in [0.2, 0.25) is 0 Å². The predicted molar refractivity (Wildman–Crippen MR) is 43.1 cm³/mol. The van der Waals surface area contributed by atoms with Crippen molar-refractivity contribution in [2.75, 3.05) is 13.6 Å². The first-order valence-corrected chi connectivity index (χ1v) is 3.64. The van der Waals surface area contributed by atoms with E-state index in [1.807, 2.05) is 0 Å². The summed E-state index contributed by atoms with van der Waals surface area (Å²) in [5, 5.41) is 0. The van der Waals surface area contributed by atoms with E-state index in [-0.39, 0.29) is 6.54 Å². The van der Waals surface area contributed by atoms with Crippen LogP contribution in [-0.2, 0) is 14.4 Å². The first-order valence-electron chi connectivity index (χ1n) is 3.64. The van der Waals surface area contributed by atoms with E-state index in [4.69, 9.17) is 0 Å². The molecule has 0 bridgehead atoms. The van der Waals surface area contributed by atoms with Crippen LogP contribution in [0.15, 0.2) is 12.2 Å². The molecule has 1 aliphatic rings. The molecule has 0 aromatic rings. The molecule has 6 heteroatoms. The van der Waals surface area contributed by atoms with Gasteiger partial charge in [-0.1, -0.05) is 0 Å². The maximum Gasteiger partial charge on any atom is 0.254 e. The summed E-state index contributed by atoms with van der Waals surface area (Å²) in [4.78, 5) is 33.7. The Labute approximate surface area is 74.5 Å². The minimum atomic E-state index is -0.462. The summed E-state index contributed by atoms with van der Waals surface area (Å²) in [6.07, 6.45) is 2.27. The van der Waals surface area contributed by atoms with Crippen molar-refractivity contribution >= 4 is 17.7 Å². The molecule has 1 rings (SSSR count). The van der Waals surface area contributed by atoms with Crippen molar-refractivity contribution in [2.45, 2.75) is 0 Å². The Morgan fingerprint density at radius 3 is 2.38 bits per heavy atom. The van der Waals surface area contributed by atoms with Crippen LogP contribution in [0.5, 0.6) is 0 Å². The number of imide groups is 1. The zero-order valence-electron chi connectivity index (χ0n) is 7.03. The zero-order chi connectivity index (χ0) is 9.84. The molecule has 70 valence electrons. The highest BCUT2D eigenvalue weighted by atomic mass is 16.2. The number of amides is 3.